The zero-order chi connectivity index (χ0) is 14.8. The molecule has 0 radical (unpaired) electrons. The van der Waals surface area contributed by atoms with Gasteiger partial charge in [-0.25, -0.2) is 9.97 Å². The Hall–Kier alpha value is -1.88. The quantitative estimate of drug-likeness (QED) is 0.882. The Morgan fingerprint density at radius 3 is 2.81 bits per heavy atom. The summed E-state index contributed by atoms with van der Waals surface area (Å²) in [6.45, 7) is 3.80. The van der Waals surface area contributed by atoms with Crippen molar-refractivity contribution in [2.75, 3.05) is 11.9 Å². The van der Waals surface area contributed by atoms with Crippen molar-refractivity contribution in [1.29, 1.82) is 0 Å². The Labute approximate surface area is 126 Å². The third-order valence-electron chi connectivity index (χ3n) is 3.94. The molecule has 0 bridgehead atoms. The van der Waals surface area contributed by atoms with E-state index in [-0.39, 0.29) is 0 Å². The van der Waals surface area contributed by atoms with Crippen molar-refractivity contribution in [3.05, 3.63) is 41.6 Å². The number of nitrogens with zero attached hydrogens (tertiary/aromatic N) is 4. The number of aryl methyl sites for hydroxylation is 2. The number of anilines is 1. The Bertz CT molecular complexity index is 615. The molecule has 5 heteroatoms. The molecule has 112 valence electrons. The largest absolute Gasteiger partial charge is 0.352 e. The lowest BCUT2D eigenvalue weighted by Gasteiger charge is -2.20. The molecule has 3 rings (SSSR count). The van der Waals surface area contributed by atoms with Gasteiger partial charge < -0.3 is 14.8 Å². The van der Waals surface area contributed by atoms with E-state index in [2.05, 4.69) is 40.2 Å². The molecule has 0 spiro atoms. The van der Waals surface area contributed by atoms with E-state index < -0.39 is 0 Å². The third kappa shape index (κ3) is 3.42. The highest BCUT2D eigenvalue weighted by molar-refractivity contribution is 5.46. The van der Waals surface area contributed by atoms with Crippen molar-refractivity contribution in [3.8, 4) is 0 Å². The molecule has 0 atom stereocenters. The van der Waals surface area contributed by atoms with Gasteiger partial charge in [-0.1, -0.05) is 0 Å². The lowest BCUT2D eigenvalue weighted by Crippen LogP contribution is -2.21. The van der Waals surface area contributed by atoms with E-state index >= 15 is 0 Å². The van der Waals surface area contributed by atoms with E-state index in [0.29, 0.717) is 0 Å². The van der Waals surface area contributed by atoms with Gasteiger partial charge in [0.15, 0.2) is 0 Å². The van der Waals surface area contributed by atoms with E-state index in [1.807, 2.05) is 30.2 Å². The molecule has 1 aliphatic carbocycles. The number of imidazole rings is 1. The SMILES string of the molecule is Cc1cc(CNC2CC2)cnc1N(C)Cc1nccn1C. The van der Waals surface area contributed by atoms with Crippen molar-refractivity contribution in [1.82, 2.24) is 19.9 Å². The summed E-state index contributed by atoms with van der Waals surface area (Å²) in [6.07, 6.45) is 8.41. The molecule has 2 aromatic heterocycles. The van der Waals surface area contributed by atoms with Crippen LogP contribution in [0.1, 0.15) is 29.8 Å². The highest BCUT2D eigenvalue weighted by Crippen LogP contribution is 2.21. The van der Waals surface area contributed by atoms with Gasteiger partial charge in [0.2, 0.25) is 0 Å². The van der Waals surface area contributed by atoms with Gasteiger partial charge in [0.25, 0.3) is 0 Å². The van der Waals surface area contributed by atoms with Gasteiger partial charge in [0, 0.05) is 45.3 Å². The summed E-state index contributed by atoms with van der Waals surface area (Å²) in [7, 11) is 4.08. The van der Waals surface area contributed by atoms with Gasteiger partial charge in [0.1, 0.15) is 11.6 Å². The average molecular weight is 285 g/mol. The van der Waals surface area contributed by atoms with Gasteiger partial charge in [-0.2, -0.15) is 0 Å². The van der Waals surface area contributed by atoms with E-state index in [4.69, 9.17) is 0 Å². The number of aromatic nitrogens is 3. The monoisotopic (exact) mass is 285 g/mol. The molecule has 0 aliphatic heterocycles. The summed E-state index contributed by atoms with van der Waals surface area (Å²) >= 11 is 0. The van der Waals surface area contributed by atoms with E-state index in [1.54, 1.807) is 0 Å². The lowest BCUT2D eigenvalue weighted by molar-refractivity contribution is 0.684. The van der Waals surface area contributed by atoms with Crippen LogP contribution in [0.25, 0.3) is 0 Å². The Balaban J connectivity index is 1.67. The third-order valence-corrected chi connectivity index (χ3v) is 3.94. The Morgan fingerprint density at radius 2 is 2.19 bits per heavy atom. The molecule has 2 heterocycles. The lowest BCUT2D eigenvalue weighted by atomic mass is 10.2. The molecule has 1 N–H and O–H groups in total. The van der Waals surface area contributed by atoms with Crippen LogP contribution in [-0.4, -0.2) is 27.6 Å². The molecule has 2 aromatic rings. The molecular weight excluding hydrogens is 262 g/mol. The number of nitrogens with one attached hydrogen (secondary N) is 1. The topological polar surface area (TPSA) is 46.0 Å². The van der Waals surface area contributed by atoms with Gasteiger partial charge in [-0.3, -0.25) is 0 Å². The highest BCUT2D eigenvalue weighted by atomic mass is 15.2. The second-order valence-corrected chi connectivity index (χ2v) is 5.95. The minimum atomic E-state index is 0.732. The maximum atomic E-state index is 4.64. The van der Waals surface area contributed by atoms with Crippen molar-refractivity contribution >= 4 is 5.82 Å². The molecule has 0 amide bonds. The van der Waals surface area contributed by atoms with Gasteiger partial charge in [0.05, 0.1) is 6.54 Å². The Kier molecular flexibility index (Phi) is 3.92. The molecule has 0 unspecified atom stereocenters. The first-order valence-electron chi connectivity index (χ1n) is 7.49. The Morgan fingerprint density at radius 1 is 1.38 bits per heavy atom. The standard InChI is InChI=1S/C16H23N5/c1-12-8-13(9-18-14-4-5-14)10-19-16(12)21(3)11-15-17-6-7-20(15)2/h6-8,10,14,18H,4-5,9,11H2,1-3H3. The summed E-state index contributed by atoms with van der Waals surface area (Å²) in [5.74, 6) is 2.06. The predicted octanol–water partition coefficient (Wildman–Crippen LogP) is 2.01. The zero-order valence-corrected chi connectivity index (χ0v) is 13.0. The van der Waals surface area contributed by atoms with E-state index in [1.165, 1.54) is 24.0 Å². The predicted molar refractivity (Wildman–Crippen MR) is 84.2 cm³/mol. The average Bonchev–Trinajstić information content (AvgIpc) is 3.20. The van der Waals surface area contributed by atoms with Gasteiger partial charge in [-0.15, -0.1) is 0 Å². The number of rotatable bonds is 6. The van der Waals surface area contributed by atoms with Gasteiger partial charge in [-0.05, 0) is 37.0 Å². The van der Waals surface area contributed by atoms with Crippen molar-refractivity contribution < 1.29 is 0 Å². The summed E-state index contributed by atoms with van der Waals surface area (Å²) in [6, 6.07) is 2.96. The summed E-state index contributed by atoms with van der Waals surface area (Å²) in [5.41, 5.74) is 2.47. The number of hydrogen-bond donors (Lipinski definition) is 1. The first kappa shape index (κ1) is 14.1. The minimum absolute atomic E-state index is 0.732. The molecule has 21 heavy (non-hydrogen) atoms. The van der Waals surface area contributed by atoms with Crippen LogP contribution in [0.4, 0.5) is 5.82 Å². The first-order chi connectivity index (χ1) is 10.1. The van der Waals surface area contributed by atoms with Crippen molar-refractivity contribution in [2.45, 2.75) is 38.9 Å². The molecule has 1 fully saturated rings. The summed E-state index contributed by atoms with van der Waals surface area (Å²) < 4.78 is 2.04. The van der Waals surface area contributed by atoms with Crippen LogP contribution in [0.15, 0.2) is 24.7 Å². The van der Waals surface area contributed by atoms with Crippen LogP contribution in [-0.2, 0) is 20.1 Å². The van der Waals surface area contributed by atoms with Crippen molar-refractivity contribution in [2.24, 2.45) is 7.05 Å². The maximum Gasteiger partial charge on any atom is 0.131 e. The normalized spacial score (nSPS) is 14.4. The van der Waals surface area contributed by atoms with Crippen LogP contribution in [0.3, 0.4) is 0 Å². The van der Waals surface area contributed by atoms with Gasteiger partial charge >= 0.3 is 0 Å². The molecule has 0 saturated heterocycles. The number of hydrogen-bond acceptors (Lipinski definition) is 4. The van der Waals surface area contributed by atoms with Crippen LogP contribution < -0.4 is 10.2 Å². The fourth-order valence-corrected chi connectivity index (χ4v) is 2.51. The van der Waals surface area contributed by atoms with E-state index in [0.717, 1.165) is 30.8 Å². The second kappa shape index (κ2) is 5.85. The smallest absolute Gasteiger partial charge is 0.131 e. The van der Waals surface area contributed by atoms with Crippen LogP contribution in [0, 0.1) is 6.92 Å². The van der Waals surface area contributed by atoms with Crippen LogP contribution in [0.2, 0.25) is 0 Å². The molecular formula is C16H23N5. The first-order valence-corrected chi connectivity index (χ1v) is 7.49. The summed E-state index contributed by atoms with van der Waals surface area (Å²) in [5, 5.41) is 3.53. The zero-order valence-electron chi connectivity index (χ0n) is 13.0. The second-order valence-electron chi connectivity index (χ2n) is 5.95. The van der Waals surface area contributed by atoms with Crippen LogP contribution >= 0.6 is 0 Å². The molecule has 5 nitrogen and oxygen atoms in total. The summed E-state index contributed by atoms with van der Waals surface area (Å²) in [4.78, 5) is 11.2. The molecule has 1 aliphatic rings. The minimum Gasteiger partial charge on any atom is -0.352 e. The highest BCUT2D eigenvalue weighted by Gasteiger charge is 2.20. The molecule has 0 aromatic carbocycles. The van der Waals surface area contributed by atoms with Crippen molar-refractivity contribution in [3.63, 3.8) is 0 Å². The fraction of sp³-hybridized carbons (Fsp3) is 0.500. The number of pyridine rings is 1. The molecule has 1 saturated carbocycles. The fourth-order valence-electron chi connectivity index (χ4n) is 2.51. The maximum absolute atomic E-state index is 4.64. The van der Waals surface area contributed by atoms with Crippen LogP contribution in [0.5, 0.6) is 0 Å². The van der Waals surface area contributed by atoms with E-state index in [9.17, 15) is 0 Å².